The monoisotopic (exact) mass is 238 g/mol. The predicted octanol–water partition coefficient (Wildman–Crippen LogP) is 2.47. The molecule has 5 nitrogen and oxygen atoms in total. The first-order chi connectivity index (χ1) is 7.99. The zero-order valence-corrected chi connectivity index (χ0v) is 10.9. The van der Waals surface area contributed by atoms with Crippen LogP contribution in [0.4, 0.5) is 6.01 Å². The van der Waals surface area contributed by atoms with Gasteiger partial charge in [-0.2, -0.15) is 0 Å². The number of nitrogens with two attached hydrogens (primary N) is 1. The molecule has 1 aliphatic carbocycles. The zero-order chi connectivity index (χ0) is 12.5. The van der Waals surface area contributed by atoms with Crippen LogP contribution in [0.5, 0.6) is 0 Å². The Kier molecular flexibility index (Phi) is 3.38. The summed E-state index contributed by atoms with van der Waals surface area (Å²) in [6, 6.07) is 0.687. The van der Waals surface area contributed by atoms with Crippen molar-refractivity contribution in [3.05, 3.63) is 5.89 Å². The molecule has 1 aromatic heterocycles. The Morgan fingerprint density at radius 1 is 1.41 bits per heavy atom. The van der Waals surface area contributed by atoms with Crippen molar-refractivity contribution in [2.75, 3.05) is 5.32 Å². The second-order valence-electron chi connectivity index (χ2n) is 5.67. The van der Waals surface area contributed by atoms with Gasteiger partial charge in [0.05, 0.1) is 6.04 Å². The number of nitrogens with one attached hydrogen (secondary N) is 1. The second-order valence-corrected chi connectivity index (χ2v) is 5.67. The highest BCUT2D eigenvalue weighted by Gasteiger charge is 2.33. The van der Waals surface area contributed by atoms with Gasteiger partial charge in [-0.25, -0.2) is 0 Å². The molecular weight excluding hydrogens is 216 g/mol. The third-order valence-corrected chi connectivity index (χ3v) is 3.64. The summed E-state index contributed by atoms with van der Waals surface area (Å²) in [5.74, 6) is 0.487. The van der Waals surface area contributed by atoms with Crippen LogP contribution in [0.15, 0.2) is 4.42 Å². The van der Waals surface area contributed by atoms with Gasteiger partial charge in [-0.1, -0.05) is 31.8 Å². The summed E-state index contributed by atoms with van der Waals surface area (Å²) in [4.78, 5) is 0. The van der Waals surface area contributed by atoms with E-state index in [-0.39, 0.29) is 11.5 Å². The summed E-state index contributed by atoms with van der Waals surface area (Å²) in [6.07, 6.45) is 4.96. The van der Waals surface area contributed by atoms with E-state index in [4.69, 9.17) is 10.2 Å². The Morgan fingerprint density at radius 3 is 2.76 bits per heavy atom. The molecule has 1 aliphatic rings. The van der Waals surface area contributed by atoms with E-state index < -0.39 is 0 Å². The van der Waals surface area contributed by atoms with Gasteiger partial charge in [0.15, 0.2) is 0 Å². The number of hydrogen-bond donors (Lipinski definition) is 2. The van der Waals surface area contributed by atoms with Crippen LogP contribution >= 0.6 is 0 Å². The molecule has 96 valence electrons. The standard InChI is InChI=1S/C12H22N4O/c1-8(13)10-15-16-11(17-10)14-9-6-4-5-7-12(9,2)3/h8-9H,4-7,13H2,1-3H3,(H,14,16). The third kappa shape index (κ3) is 2.77. The number of nitrogens with zero attached hydrogens (tertiary/aromatic N) is 2. The molecule has 1 aromatic rings. The molecule has 0 spiro atoms. The minimum Gasteiger partial charge on any atom is -0.406 e. The lowest BCUT2D eigenvalue weighted by Crippen LogP contribution is -2.39. The molecule has 0 bridgehead atoms. The van der Waals surface area contributed by atoms with E-state index >= 15 is 0 Å². The highest BCUT2D eigenvalue weighted by Crippen LogP contribution is 2.37. The van der Waals surface area contributed by atoms with Crippen molar-refractivity contribution in [3.63, 3.8) is 0 Å². The summed E-state index contributed by atoms with van der Waals surface area (Å²) < 4.78 is 5.48. The summed E-state index contributed by atoms with van der Waals surface area (Å²) in [5.41, 5.74) is 5.97. The Bertz CT molecular complexity index is 372. The van der Waals surface area contributed by atoms with Gasteiger partial charge in [-0.05, 0) is 25.2 Å². The maximum Gasteiger partial charge on any atom is 0.315 e. The highest BCUT2D eigenvalue weighted by atomic mass is 16.4. The molecule has 2 rings (SSSR count). The topological polar surface area (TPSA) is 77.0 Å². The van der Waals surface area contributed by atoms with Gasteiger partial charge in [0.1, 0.15) is 0 Å². The lowest BCUT2D eigenvalue weighted by atomic mass is 9.73. The van der Waals surface area contributed by atoms with Crippen molar-refractivity contribution < 1.29 is 4.42 Å². The zero-order valence-electron chi connectivity index (χ0n) is 10.9. The van der Waals surface area contributed by atoms with Gasteiger partial charge in [0.2, 0.25) is 5.89 Å². The van der Waals surface area contributed by atoms with Crippen molar-refractivity contribution in [3.8, 4) is 0 Å². The summed E-state index contributed by atoms with van der Waals surface area (Å²) in [6.45, 7) is 6.40. The molecule has 0 aromatic carbocycles. The average Bonchev–Trinajstić information content (AvgIpc) is 2.70. The third-order valence-electron chi connectivity index (χ3n) is 3.64. The molecule has 0 aliphatic heterocycles. The van der Waals surface area contributed by atoms with Crippen LogP contribution < -0.4 is 11.1 Å². The molecule has 5 heteroatoms. The minimum atomic E-state index is -0.211. The van der Waals surface area contributed by atoms with Gasteiger partial charge >= 0.3 is 6.01 Å². The molecule has 3 N–H and O–H groups in total. The Morgan fingerprint density at radius 2 is 2.18 bits per heavy atom. The molecule has 1 fully saturated rings. The Hall–Kier alpha value is -1.10. The first-order valence-corrected chi connectivity index (χ1v) is 6.34. The Labute approximate surface area is 102 Å². The largest absolute Gasteiger partial charge is 0.406 e. The molecule has 1 heterocycles. The van der Waals surface area contributed by atoms with Crippen molar-refractivity contribution in [1.29, 1.82) is 0 Å². The lowest BCUT2D eigenvalue weighted by molar-refractivity contribution is 0.213. The Balaban J connectivity index is 2.04. The van der Waals surface area contributed by atoms with E-state index in [1.54, 1.807) is 0 Å². The van der Waals surface area contributed by atoms with E-state index in [1.807, 2.05) is 6.92 Å². The SMILES string of the molecule is CC(N)c1nnc(NC2CCCCC2(C)C)o1. The van der Waals surface area contributed by atoms with Crippen LogP contribution in [0.1, 0.15) is 58.4 Å². The van der Waals surface area contributed by atoms with Gasteiger partial charge in [-0.3, -0.25) is 0 Å². The summed E-state index contributed by atoms with van der Waals surface area (Å²) in [5, 5.41) is 11.3. The van der Waals surface area contributed by atoms with E-state index in [2.05, 4.69) is 29.4 Å². The van der Waals surface area contributed by atoms with E-state index in [0.717, 1.165) is 6.42 Å². The van der Waals surface area contributed by atoms with Crippen LogP contribution in [-0.2, 0) is 0 Å². The van der Waals surface area contributed by atoms with Crippen molar-refractivity contribution in [1.82, 2.24) is 10.2 Å². The fourth-order valence-electron chi connectivity index (χ4n) is 2.39. The van der Waals surface area contributed by atoms with E-state index in [9.17, 15) is 0 Å². The van der Waals surface area contributed by atoms with Crippen molar-refractivity contribution >= 4 is 6.01 Å². The summed E-state index contributed by atoms with van der Waals surface area (Å²) in [7, 11) is 0. The van der Waals surface area contributed by atoms with Crippen molar-refractivity contribution in [2.24, 2.45) is 11.1 Å². The smallest absolute Gasteiger partial charge is 0.315 e. The number of rotatable bonds is 3. The van der Waals surface area contributed by atoms with Crippen LogP contribution in [0, 0.1) is 5.41 Å². The fourth-order valence-corrected chi connectivity index (χ4v) is 2.39. The maximum absolute atomic E-state index is 5.69. The molecular formula is C12H22N4O. The van der Waals surface area contributed by atoms with E-state index in [1.165, 1.54) is 19.3 Å². The van der Waals surface area contributed by atoms with Crippen LogP contribution in [-0.4, -0.2) is 16.2 Å². The average molecular weight is 238 g/mol. The quantitative estimate of drug-likeness (QED) is 0.846. The normalized spacial score (nSPS) is 25.5. The van der Waals surface area contributed by atoms with Crippen LogP contribution in [0.2, 0.25) is 0 Å². The number of aromatic nitrogens is 2. The van der Waals surface area contributed by atoms with Crippen LogP contribution in [0.3, 0.4) is 0 Å². The van der Waals surface area contributed by atoms with E-state index in [0.29, 0.717) is 17.9 Å². The minimum absolute atomic E-state index is 0.211. The molecule has 17 heavy (non-hydrogen) atoms. The maximum atomic E-state index is 5.69. The van der Waals surface area contributed by atoms with Crippen molar-refractivity contribution in [2.45, 2.75) is 58.5 Å². The molecule has 0 amide bonds. The van der Waals surface area contributed by atoms with Gasteiger partial charge in [0, 0.05) is 6.04 Å². The first kappa shape index (κ1) is 12.4. The lowest BCUT2D eigenvalue weighted by Gasteiger charge is -2.38. The first-order valence-electron chi connectivity index (χ1n) is 6.34. The van der Waals surface area contributed by atoms with Gasteiger partial charge < -0.3 is 15.5 Å². The molecule has 1 saturated carbocycles. The highest BCUT2D eigenvalue weighted by molar-refractivity contribution is 5.22. The fraction of sp³-hybridized carbons (Fsp3) is 0.833. The summed E-state index contributed by atoms with van der Waals surface area (Å²) >= 11 is 0. The number of anilines is 1. The molecule has 0 radical (unpaired) electrons. The number of hydrogen-bond acceptors (Lipinski definition) is 5. The second kappa shape index (κ2) is 4.64. The predicted molar refractivity (Wildman–Crippen MR) is 66.6 cm³/mol. The molecule has 2 atom stereocenters. The molecule has 2 unspecified atom stereocenters. The van der Waals surface area contributed by atoms with Gasteiger partial charge in [0.25, 0.3) is 0 Å². The van der Waals surface area contributed by atoms with Crippen LogP contribution in [0.25, 0.3) is 0 Å². The molecule has 0 saturated heterocycles. The van der Waals surface area contributed by atoms with Gasteiger partial charge in [-0.15, -0.1) is 5.10 Å².